The van der Waals surface area contributed by atoms with E-state index in [1.54, 1.807) is 34.8 Å². The number of nitrogens with zero attached hydrogens (tertiary/aromatic N) is 1. The van der Waals surface area contributed by atoms with Gasteiger partial charge < -0.3 is 10.2 Å². The highest BCUT2D eigenvalue weighted by atomic mass is 32.1. The van der Waals surface area contributed by atoms with E-state index in [4.69, 9.17) is 0 Å². The maximum Gasteiger partial charge on any atom is 0.251 e. The van der Waals surface area contributed by atoms with Crippen molar-refractivity contribution in [3.63, 3.8) is 0 Å². The van der Waals surface area contributed by atoms with E-state index in [9.17, 15) is 9.59 Å². The van der Waals surface area contributed by atoms with E-state index in [1.807, 2.05) is 58.1 Å². The minimum absolute atomic E-state index is 0.0236. The molecule has 0 aliphatic heterocycles. The van der Waals surface area contributed by atoms with Crippen LogP contribution in [0.5, 0.6) is 0 Å². The van der Waals surface area contributed by atoms with Crippen LogP contribution < -0.4 is 5.32 Å². The van der Waals surface area contributed by atoms with Gasteiger partial charge in [-0.2, -0.15) is 0 Å². The topological polar surface area (TPSA) is 49.4 Å². The summed E-state index contributed by atoms with van der Waals surface area (Å²) >= 11 is 3.29. The summed E-state index contributed by atoms with van der Waals surface area (Å²) in [5, 5.41) is 7.03. The average Bonchev–Trinajstić information content (AvgIpc) is 3.45. The Hall–Kier alpha value is -2.44. The van der Waals surface area contributed by atoms with Crippen molar-refractivity contribution < 1.29 is 9.59 Å². The van der Waals surface area contributed by atoms with Gasteiger partial charge in [0.15, 0.2) is 0 Å². The number of hydrogen-bond donors (Lipinski definition) is 1. The maximum absolute atomic E-state index is 13.5. The molecule has 6 heteroatoms. The van der Waals surface area contributed by atoms with Crippen LogP contribution in [-0.4, -0.2) is 22.8 Å². The smallest absolute Gasteiger partial charge is 0.251 e. The van der Waals surface area contributed by atoms with Crippen LogP contribution in [0, 0.1) is 0 Å². The molecule has 0 fully saturated rings. The summed E-state index contributed by atoms with van der Waals surface area (Å²) < 4.78 is 0. The molecule has 1 atom stereocenters. The summed E-state index contributed by atoms with van der Waals surface area (Å²) in [5.41, 5.74) is 0.574. The molecule has 2 aromatic heterocycles. The largest absolute Gasteiger partial charge is 0.340 e. The molecular weight excluding hydrogens is 400 g/mol. The molecule has 29 heavy (non-hydrogen) atoms. The first-order valence-corrected chi connectivity index (χ1v) is 11.6. The molecule has 1 unspecified atom stereocenters. The van der Waals surface area contributed by atoms with Crippen LogP contribution in [0.1, 0.15) is 46.3 Å². The molecule has 0 aliphatic rings. The Morgan fingerprint density at radius 1 is 0.931 bits per heavy atom. The van der Waals surface area contributed by atoms with E-state index in [1.165, 1.54) is 0 Å². The van der Waals surface area contributed by atoms with Crippen molar-refractivity contribution >= 4 is 34.5 Å². The fraction of sp³-hybridized carbons (Fsp3) is 0.304. The monoisotopic (exact) mass is 426 g/mol. The summed E-state index contributed by atoms with van der Waals surface area (Å²) in [6.07, 6.45) is 2.50. The van der Waals surface area contributed by atoms with Crippen molar-refractivity contribution in [2.75, 3.05) is 0 Å². The highest BCUT2D eigenvalue weighted by molar-refractivity contribution is 7.10. The predicted molar refractivity (Wildman–Crippen MR) is 120 cm³/mol. The molecule has 1 aromatic carbocycles. The van der Waals surface area contributed by atoms with Gasteiger partial charge in [-0.25, -0.2) is 0 Å². The van der Waals surface area contributed by atoms with Gasteiger partial charge in [0.05, 0.1) is 13.1 Å². The van der Waals surface area contributed by atoms with E-state index in [0.717, 1.165) is 22.6 Å². The van der Waals surface area contributed by atoms with Crippen LogP contribution in [0.4, 0.5) is 0 Å². The summed E-state index contributed by atoms with van der Waals surface area (Å²) in [5.74, 6) is -0.225. The third kappa shape index (κ3) is 6.27. The van der Waals surface area contributed by atoms with Gasteiger partial charge in [-0.3, -0.25) is 9.59 Å². The van der Waals surface area contributed by atoms with E-state index in [0.29, 0.717) is 25.1 Å². The van der Waals surface area contributed by atoms with Gasteiger partial charge in [-0.1, -0.05) is 50.1 Å². The zero-order chi connectivity index (χ0) is 20.5. The Morgan fingerprint density at radius 2 is 1.55 bits per heavy atom. The second-order valence-corrected chi connectivity index (χ2v) is 8.95. The first kappa shape index (κ1) is 21.3. The Balaban J connectivity index is 1.78. The second kappa shape index (κ2) is 10.9. The van der Waals surface area contributed by atoms with Crippen molar-refractivity contribution in [1.29, 1.82) is 0 Å². The van der Waals surface area contributed by atoms with Crippen molar-refractivity contribution in [3.8, 4) is 0 Å². The van der Waals surface area contributed by atoms with Gasteiger partial charge in [0.25, 0.3) is 5.91 Å². The minimum atomic E-state index is -0.525. The summed E-state index contributed by atoms with van der Waals surface area (Å²) in [7, 11) is 0. The molecule has 2 heterocycles. The number of unbranched alkanes of at least 4 members (excludes halogenated alkanes) is 1. The van der Waals surface area contributed by atoms with Crippen molar-refractivity contribution in [2.24, 2.45) is 0 Å². The highest BCUT2D eigenvalue weighted by Crippen LogP contribution is 2.19. The number of benzene rings is 1. The van der Waals surface area contributed by atoms with Gasteiger partial charge >= 0.3 is 0 Å². The van der Waals surface area contributed by atoms with E-state index in [-0.39, 0.29) is 11.8 Å². The zero-order valence-electron chi connectivity index (χ0n) is 16.5. The van der Waals surface area contributed by atoms with Crippen LogP contribution in [0.2, 0.25) is 0 Å². The molecular formula is C23H26N2O2S2. The molecule has 0 spiro atoms. The third-order valence-electron chi connectivity index (χ3n) is 4.65. The summed E-state index contributed by atoms with van der Waals surface area (Å²) in [6, 6.07) is 16.6. The Morgan fingerprint density at radius 3 is 2.07 bits per heavy atom. The van der Waals surface area contributed by atoms with Crippen LogP contribution in [0.15, 0.2) is 65.4 Å². The molecule has 0 bridgehead atoms. The van der Waals surface area contributed by atoms with E-state index < -0.39 is 6.04 Å². The van der Waals surface area contributed by atoms with Crippen LogP contribution in [0.25, 0.3) is 0 Å². The van der Waals surface area contributed by atoms with Crippen LogP contribution in [-0.2, 0) is 17.9 Å². The molecule has 152 valence electrons. The molecule has 3 aromatic rings. The number of nitrogens with one attached hydrogen (secondary N) is 1. The second-order valence-electron chi connectivity index (χ2n) is 6.89. The molecule has 0 saturated carbocycles. The maximum atomic E-state index is 13.5. The Labute approximate surface area is 180 Å². The lowest BCUT2D eigenvalue weighted by Crippen LogP contribution is -2.48. The standard InChI is InChI=1S/C23H26N2O2S2/c1-2-3-13-21(24-22(26)18-9-5-4-6-10-18)23(27)25(16-19-11-7-14-28-19)17-20-12-8-15-29-20/h4-12,14-15,21H,2-3,13,16-17H2,1H3,(H,24,26). The number of amides is 2. The minimum Gasteiger partial charge on any atom is -0.340 e. The van der Waals surface area contributed by atoms with E-state index in [2.05, 4.69) is 12.2 Å². The fourth-order valence-corrected chi connectivity index (χ4v) is 4.55. The van der Waals surface area contributed by atoms with Gasteiger partial charge in [0.1, 0.15) is 6.04 Å². The molecule has 0 radical (unpaired) electrons. The first-order chi connectivity index (χ1) is 14.2. The zero-order valence-corrected chi connectivity index (χ0v) is 18.2. The van der Waals surface area contributed by atoms with Gasteiger partial charge in [-0.15, -0.1) is 22.7 Å². The number of thiophene rings is 2. The van der Waals surface area contributed by atoms with Crippen LogP contribution >= 0.6 is 22.7 Å². The molecule has 3 rings (SSSR count). The van der Waals surface area contributed by atoms with Crippen LogP contribution in [0.3, 0.4) is 0 Å². The van der Waals surface area contributed by atoms with Crippen molar-refractivity contribution in [1.82, 2.24) is 10.2 Å². The van der Waals surface area contributed by atoms with Gasteiger partial charge in [-0.05, 0) is 41.4 Å². The molecule has 1 N–H and O–H groups in total. The Bertz CT molecular complexity index is 841. The molecule has 4 nitrogen and oxygen atoms in total. The summed E-state index contributed by atoms with van der Waals surface area (Å²) in [6.45, 7) is 3.20. The van der Waals surface area contributed by atoms with Crippen molar-refractivity contribution in [2.45, 2.75) is 45.3 Å². The lowest BCUT2D eigenvalue weighted by molar-refractivity contribution is -0.134. The third-order valence-corrected chi connectivity index (χ3v) is 6.37. The van der Waals surface area contributed by atoms with Crippen molar-refractivity contribution in [3.05, 3.63) is 80.7 Å². The number of rotatable bonds is 10. The number of hydrogen-bond acceptors (Lipinski definition) is 4. The average molecular weight is 427 g/mol. The predicted octanol–water partition coefficient (Wildman–Crippen LogP) is 5.33. The van der Waals surface area contributed by atoms with Gasteiger partial charge in [0.2, 0.25) is 5.91 Å². The SMILES string of the molecule is CCCCC(NC(=O)c1ccccc1)C(=O)N(Cc1cccs1)Cc1cccs1. The molecule has 0 saturated heterocycles. The lowest BCUT2D eigenvalue weighted by Gasteiger charge is -2.27. The van der Waals surface area contributed by atoms with E-state index >= 15 is 0 Å². The highest BCUT2D eigenvalue weighted by Gasteiger charge is 2.26. The molecule has 2 amide bonds. The first-order valence-electron chi connectivity index (χ1n) is 9.87. The fourth-order valence-electron chi connectivity index (χ4n) is 3.11. The Kier molecular flexibility index (Phi) is 8.02. The summed E-state index contributed by atoms with van der Waals surface area (Å²) in [4.78, 5) is 30.3. The lowest BCUT2D eigenvalue weighted by atomic mass is 10.1. The van der Waals surface area contributed by atoms with Gasteiger partial charge in [0, 0.05) is 15.3 Å². The number of carbonyl (C=O) groups excluding carboxylic acids is 2. The number of carbonyl (C=O) groups is 2. The quantitative estimate of drug-likeness (QED) is 0.476. The molecule has 0 aliphatic carbocycles. The normalized spacial score (nSPS) is 11.8.